The second-order valence-corrected chi connectivity index (χ2v) is 19.3. The topological polar surface area (TPSA) is 57.4 Å². The van der Waals surface area contributed by atoms with Crippen LogP contribution in [0, 0.1) is 0 Å². The molecule has 4 nitrogen and oxygen atoms in total. The van der Waals surface area contributed by atoms with Gasteiger partial charge in [-0.2, -0.15) is 0 Å². The third kappa shape index (κ3) is 7.52. The van der Waals surface area contributed by atoms with E-state index in [0.717, 1.165) is 132 Å². The number of aromatic amines is 2. The Bertz CT molecular complexity index is 2920. The summed E-state index contributed by atoms with van der Waals surface area (Å²) in [7, 11) is 22.9. The van der Waals surface area contributed by atoms with E-state index in [0.29, 0.717) is 0 Å². The van der Waals surface area contributed by atoms with Crippen LogP contribution in [0.5, 0.6) is 0 Å². The first-order valence-corrected chi connectivity index (χ1v) is 22.4. The Morgan fingerprint density at radius 1 is 0.304 bits per heavy atom. The summed E-state index contributed by atoms with van der Waals surface area (Å²) in [5.74, 6) is 0. The molecule has 4 aromatic carbocycles. The van der Waals surface area contributed by atoms with Gasteiger partial charge in [0.15, 0.2) is 0 Å². The van der Waals surface area contributed by atoms with Gasteiger partial charge in [-0.05, 0) is 174 Å². The van der Waals surface area contributed by atoms with Crippen molar-refractivity contribution in [2.45, 2.75) is 0 Å². The molecule has 2 N–H and O–H groups in total. The van der Waals surface area contributed by atoms with Crippen molar-refractivity contribution in [1.29, 1.82) is 0 Å². The summed E-state index contributed by atoms with van der Waals surface area (Å²) in [6.07, 6.45) is 8.58. The van der Waals surface area contributed by atoms with Gasteiger partial charge in [-0.25, -0.2) is 9.97 Å². The molecule has 8 unspecified atom stereocenters. The molecule has 2 aliphatic rings. The number of benzene rings is 4. The van der Waals surface area contributed by atoms with Gasteiger partial charge >= 0.3 is 0 Å². The Balaban J connectivity index is 1.50. The van der Waals surface area contributed by atoms with Gasteiger partial charge in [0, 0.05) is 44.3 Å². The van der Waals surface area contributed by atoms with E-state index in [9.17, 15) is 0 Å². The molecule has 2 aliphatic heterocycles. The molecular weight excluding hydrogens is 832 g/mol. The van der Waals surface area contributed by atoms with Gasteiger partial charge in [-0.15, -0.1) is 73.9 Å². The van der Waals surface area contributed by atoms with Gasteiger partial charge in [0.05, 0.1) is 22.8 Å². The van der Waals surface area contributed by atoms with Crippen molar-refractivity contribution in [2.24, 2.45) is 0 Å². The molecular formula is C44H38N4P8. The number of hydrogen-bond donors (Lipinski definition) is 2. The number of fused-ring (bicyclic) bond motifs is 8. The summed E-state index contributed by atoms with van der Waals surface area (Å²) >= 11 is 0. The van der Waals surface area contributed by atoms with Crippen LogP contribution in [0.1, 0.15) is 22.8 Å². The Kier molecular flexibility index (Phi) is 10.7. The fraction of sp³-hybridized carbons (Fsp3) is 0. The minimum atomic E-state index is 0.880. The minimum absolute atomic E-state index is 0.880. The second kappa shape index (κ2) is 15.6. The van der Waals surface area contributed by atoms with Crippen molar-refractivity contribution in [3.63, 3.8) is 0 Å². The lowest BCUT2D eigenvalue weighted by atomic mass is 10.0. The first-order valence-electron chi connectivity index (χ1n) is 17.8. The molecule has 0 spiro atoms. The Labute approximate surface area is 345 Å². The monoisotopic (exact) mass is 870 g/mol. The summed E-state index contributed by atoms with van der Waals surface area (Å²) in [6.45, 7) is 0. The molecule has 0 amide bonds. The number of hydrogen-bond acceptors (Lipinski definition) is 2. The zero-order valence-electron chi connectivity index (χ0n) is 30.1. The van der Waals surface area contributed by atoms with Crippen LogP contribution in [0.25, 0.3) is 90.9 Å². The van der Waals surface area contributed by atoms with E-state index in [1.54, 1.807) is 0 Å². The summed E-state index contributed by atoms with van der Waals surface area (Å²) in [5, 5.41) is 8.84. The first-order chi connectivity index (χ1) is 27.0. The Hall–Kier alpha value is -3.08. The molecule has 274 valence electrons. The molecule has 8 bridgehead atoms. The molecule has 12 heteroatoms. The van der Waals surface area contributed by atoms with Crippen LogP contribution < -0.4 is 42.4 Å². The molecule has 9 rings (SSSR count). The van der Waals surface area contributed by atoms with Gasteiger partial charge in [-0.3, -0.25) is 0 Å². The quantitative estimate of drug-likeness (QED) is 0.182. The zero-order chi connectivity index (χ0) is 38.8. The summed E-state index contributed by atoms with van der Waals surface area (Å²) < 4.78 is 0. The summed E-state index contributed by atoms with van der Waals surface area (Å²) in [6, 6.07) is 34.9. The molecule has 8 atom stereocenters. The number of H-pyrrole nitrogens is 2. The largest absolute Gasteiger partial charge is 0.354 e. The highest BCUT2D eigenvalue weighted by molar-refractivity contribution is 7.35. The van der Waals surface area contributed by atoms with Crippen molar-refractivity contribution in [3.05, 3.63) is 120 Å². The lowest BCUT2D eigenvalue weighted by Gasteiger charge is -2.09. The minimum Gasteiger partial charge on any atom is -0.354 e. The Morgan fingerprint density at radius 2 is 0.607 bits per heavy atom. The van der Waals surface area contributed by atoms with E-state index in [-0.39, 0.29) is 0 Å². The lowest BCUT2D eigenvalue weighted by molar-refractivity contribution is 1.31. The van der Waals surface area contributed by atoms with Crippen molar-refractivity contribution in [3.8, 4) is 44.5 Å². The smallest absolute Gasteiger partial charge is 0.0737 e. The van der Waals surface area contributed by atoms with E-state index in [2.05, 4.69) is 205 Å². The van der Waals surface area contributed by atoms with Crippen molar-refractivity contribution < 1.29 is 0 Å². The molecule has 0 saturated carbocycles. The highest BCUT2D eigenvalue weighted by Gasteiger charge is 2.20. The maximum absolute atomic E-state index is 5.47. The SMILES string of the molecule is Pc1cc(P)cc(-c2c3nc(c(-c4cc(P)cc(P)c4)c4ccc([nH]4)c(-c4ccc(P)c(P)c4)c4nc(c(-c5cc(P)cc(P)c5)c5ccc2[nH]5)C=C4)C=C3)c1. The molecule has 7 aromatic rings. The molecule has 3 aromatic heterocycles. The van der Waals surface area contributed by atoms with E-state index in [1.165, 1.54) is 0 Å². The fourth-order valence-electron chi connectivity index (χ4n) is 7.61. The molecule has 0 radical (unpaired) electrons. The van der Waals surface area contributed by atoms with Crippen LogP contribution in [0.15, 0.2) is 97.1 Å². The predicted molar refractivity (Wildman–Crippen MR) is 275 cm³/mol. The van der Waals surface area contributed by atoms with E-state index >= 15 is 0 Å². The van der Waals surface area contributed by atoms with Crippen LogP contribution in [0.4, 0.5) is 0 Å². The maximum Gasteiger partial charge on any atom is 0.0737 e. The fourth-order valence-corrected chi connectivity index (χ4v) is 10.9. The van der Waals surface area contributed by atoms with E-state index in [1.807, 2.05) is 0 Å². The van der Waals surface area contributed by atoms with Gasteiger partial charge < -0.3 is 9.97 Å². The molecule has 5 heterocycles. The van der Waals surface area contributed by atoms with Crippen LogP contribution in [0.3, 0.4) is 0 Å². The van der Waals surface area contributed by atoms with Gasteiger partial charge in [0.1, 0.15) is 0 Å². The average molecular weight is 871 g/mol. The van der Waals surface area contributed by atoms with Gasteiger partial charge in [0.25, 0.3) is 0 Å². The molecule has 0 fully saturated rings. The van der Waals surface area contributed by atoms with Gasteiger partial charge in [-0.1, -0.05) is 12.1 Å². The van der Waals surface area contributed by atoms with Crippen LogP contribution in [0.2, 0.25) is 0 Å². The number of aromatic nitrogens is 4. The number of rotatable bonds is 4. The van der Waals surface area contributed by atoms with Crippen molar-refractivity contribution in [1.82, 2.24) is 19.9 Å². The van der Waals surface area contributed by atoms with E-state index in [4.69, 9.17) is 9.97 Å². The average Bonchev–Trinajstić information content (AvgIpc) is 3.96. The Morgan fingerprint density at radius 3 is 0.911 bits per heavy atom. The first kappa shape index (κ1) is 38.4. The van der Waals surface area contributed by atoms with Gasteiger partial charge in [0.2, 0.25) is 0 Å². The van der Waals surface area contributed by atoms with E-state index < -0.39 is 0 Å². The van der Waals surface area contributed by atoms with Crippen LogP contribution >= 0.6 is 73.9 Å². The maximum atomic E-state index is 5.47. The van der Waals surface area contributed by atoms with Crippen LogP contribution in [-0.4, -0.2) is 19.9 Å². The summed E-state index contributed by atoms with van der Waals surface area (Å²) in [5.41, 5.74) is 15.8. The lowest BCUT2D eigenvalue weighted by Crippen LogP contribution is -2.10. The highest BCUT2D eigenvalue weighted by atomic mass is 31.0. The zero-order valence-corrected chi connectivity index (χ0v) is 39.3. The number of nitrogens with one attached hydrogen (secondary N) is 2. The predicted octanol–water partition coefficient (Wildman–Crippen LogP) is 7.33. The second-order valence-electron chi connectivity index (χ2n) is 14.0. The standard InChI is InChI=1S/C44H38N4P8/c49-25-11-22(12-26(50)18-25)42-33-4-2-31(45-33)41(21-1-10-39(55)40(56)17-21)32-3-5-34(46-32)43(23-13-27(51)19-28(52)14-23)36-7-9-38(48-36)44(37-8-6-35(42)47-37)24-15-29(53)20-30(54)16-24/h1-20,45,48H,49-56H2. The van der Waals surface area contributed by atoms with Crippen LogP contribution in [-0.2, 0) is 0 Å². The van der Waals surface area contributed by atoms with Crippen molar-refractivity contribution >= 4 is 163 Å². The third-order valence-corrected chi connectivity index (χ3v) is 13.3. The molecule has 0 aliphatic carbocycles. The number of nitrogens with zero attached hydrogens (tertiary/aromatic N) is 2. The normalized spacial score (nSPS) is 12.1. The summed E-state index contributed by atoms with van der Waals surface area (Å²) in [4.78, 5) is 18.7. The molecule has 0 saturated heterocycles. The van der Waals surface area contributed by atoms with Crippen molar-refractivity contribution in [2.75, 3.05) is 0 Å². The highest BCUT2D eigenvalue weighted by Crippen LogP contribution is 2.38. The third-order valence-electron chi connectivity index (χ3n) is 9.93. The molecule has 56 heavy (non-hydrogen) atoms.